The average Bonchev–Trinajstić information content (AvgIpc) is 3.01. The van der Waals surface area contributed by atoms with Gasteiger partial charge in [0.05, 0.1) is 23.6 Å². The van der Waals surface area contributed by atoms with Crippen molar-refractivity contribution in [1.29, 1.82) is 0 Å². The van der Waals surface area contributed by atoms with E-state index in [4.69, 9.17) is 25.7 Å². The summed E-state index contributed by atoms with van der Waals surface area (Å²) < 4.78 is 16.7. The van der Waals surface area contributed by atoms with Gasteiger partial charge in [-0.15, -0.1) is 0 Å². The van der Waals surface area contributed by atoms with Crippen LogP contribution in [0.3, 0.4) is 0 Å². The number of aliphatic hydroxyl groups is 1. The molecule has 12 heteroatoms. The third kappa shape index (κ3) is 11.3. The molecule has 2 rings (SSSR count). The van der Waals surface area contributed by atoms with Crippen LogP contribution in [0.4, 0.5) is 4.79 Å². The second-order valence-electron chi connectivity index (χ2n) is 12.1. The average molecular weight is 645 g/mol. The number of unbranched alkanes of at least 4 members (excludes halogenated alkanes) is 3. The first kappa shape index (κ1) is 38.6. The molecule has 0 aromatic rings. The number of allylic oxidation sites excluding steroid dienone is 4. The molecule has 0 spiro atoms. The highest BCUT2D eigenvalue weighted by Crippen LogP contribution is 2.29. The number of carbonyl (C=O) groups is 4. The van der Waals surface area contributed by atoms with Crippen LogP contribution < -0.4 is 22.1 Å². The van der Waals surface area contributed by atoms with Crippen molar-refractivity contribution in [2.45, 2.75) is 90.6 Å². The van der Waals surface area contributed by atoms with Crippen molar-refractivity contribution in [2.24, 2.45) is 23.3 Å². The minimum atomic E-state index is -0.997. The van der Waals surface area contributed by atoms with Gasteiger partial charge in [-0.05, 0) is 57.6 Å². The number of aliphatic hydroxyl groups excluding tert-OH is 1. The molecule has 2 unspecified atom stereocenters. The van der Waals surface area contributed by atoms with Gasteiger partial charge in [-0.25, -0.2) is 4.79 Å². The highest BCUT2D eigenvalue weighted by atomic mass is 16.6. The third-order valence-electron chi connectivity index (χ3n) is 8.23. The smallest absolute Gasteiger partial charge is 0.405 e. The minimum absolute atomic E-state index is 0.109. The first-order valence-electron chi connectivity index (χ1n) is 15.9. The van der Waals surface area contributed by atoms with Gasteiger partial charge in [0.15, 0.2) is 6.10 Å². The number of methoxy groups -OCH3 is 2. The number of amides is 2. The topological polar surface area (TPSA) is 192 Å². The van der Waals surface area contributed by atoms with E-state index in [9.17, 15) is 24.3 Å². The zero-order valence-corrected chi connectivity index (χ0v) is 28.0. The number of fused-ring (bicyclic) bond motifs is 2. The van der Waals surface area contributed by atoms with E-state index in [0.29, 0.717) is 25.1 Å². The molecule has 256 valence electrons. The Morgan fingerprint density at radius 2 is 1.78 bits per heavy atom. The molecule has 0 aromatic heterocycles. The van der Waals surface area contributed by atoms with Crippen molar-refractivity contribution in [3.8, 4) is 0 Å². The van der Waals surface area contributed by atoms with Gasteiger partial charge in [0.1, 0.15) is 6.10 Å². The molecule has 0 saturated heterocycles. The van der Waals surface area contributed by atoms with Crippen LogP contribution in [0.2, 0.25) is 0 Å². The molecule has 1 heterocycles. The van der Waals surface area contributed by atoms with Crippen molar-refractivity contribution in [3.63, 3.8) is 0 Å². The Morgan fingerprint density at radius 3 is 2.41 bits per heavy atom. The molecule has 12 nitrogen and oxygen atoms in total. The minimum Gasteiger partial charge on any atom is -0.439 e. The van der Waals surface area contributed by atoms with Gasteiger partial charge in [0.25, 0.3) is 5.91 Å². The first-order valence-corrected chi connectivity index (χ1v) is 15.9. The number of rotatable bonds is 10. The maximum atomic E-state index is 13.8. The summed E-state index contributed by atoms with van der Waals surface area (Å²) in [6, 6.07) is 0. The van der Waals surface area contributed by atoms with Crippen LogP contribution in [0.1, 0.15) is 66.2 Å². The summed E-state index contributed by atoms with van der Waals surface area (Å²) in [7, 11) is 2.94. The molecule has 7 N–H and O–H groups in total. The molecule has 2 bridgehead atoms. The molecule has 1 aliphatic heterocycles. The normalized spacial score (nSPS) is 30.0. The Kier molecular flexibility index (Phi) is 16.1. The number of carbonyl (C=O) groups excluding carboxylic acids is 4. The molecule has 0 fully saturated rings. The van der Waals surface area contributed by atoms with Gasteiger partial charge in [0.2, 0.25) is 11.6 Å². The fourth-order valence-corrected chi connectivity index (χ4v) is 5.61. The molecule has 0 saturated carbocycles. The predicted molar refractivity (Wildman–Crippen MR) is 175 cm³/mol. The van der Waals surface area contributed by atoms with E-state index >= 15 is 0 Å². The second-order valence-corrected chi connectivity index (χ2v) is 12.1. The summed E-state index contributed by atoms with van der Waals surface area (Å²) in [6.07, 6.45) is 7.54. The molecule has 1 aliphatic carbocycles. The van der Waals surface area contributed by atoms with Crippen molar-refractivity contribution in [2.75, 3.05) is 27.3 Å². The SMILES string of the molecule is COC1C[C@H](C)CC2=C(NCCCCCCN)C(=O)C=C(NC(=O)/C(C)=C\C=C\[C@H](OC)C(OC(N)=O)/C(C)=C/[C@H](C)[C@H]1O)C2=O. The van der Waals surface area contributed by atoms with Gasteiger partial charge in [0, 0.05) is 43.9 Å². The largest absolute Gasteiger partial charge is 0.439 e. The van der Waals surface area contributed by atoms with E-state index in [1.807, 2.05) is 13.8 Å². The molecule has 6 atom stereocenters. The molecule has 2 amide bonds. The van der Waals surface area contributed by atoms with Gasteiger partial charge < -0.3 is 41.4 Å². The molecular weight excluding hydrogens is 592 g/mol. The van der Waals surface area contributed by atoms with Crippen LogP contribution in [0.25, 0.3) is 0 Å². The van der Waals surface area contributed by atoms with Gasteiger partial charge in [-0.3, -0.25) is 14.4 Å². The van der Waals surface area contributed by atoms with Crippen molar-refractivity contribution < 1.29 is 38.5 Å². The number of hydrogen-bond acceptors (Lipinski definition) is 10. The first-order chi connectivity index (χ1) is 21.8. The Balaban J connectivity index is 2.54. The van der Waals surface area contributed by atoms with Crippen LogP contribution in [0.15, 0.2) is 58.5 Å². The summed E-state index contributed by atoms with van der Waals surface area (Å²) in [5.74, 6) is -2.04. The second kappa shape index (κ2) is 19.2. The van der Waals surface area contributed by atoms with Crippen molar-refractivity contribution in [1.82, 2.24) is 10.6 Å². The molecule has 2 aliphatic rings. The van der Waals surface area contributed by atoms with E-state index < -0.39 is 53.9 Å². The van der Waals surface area contributed by atoms with E-state index in [-0.39, 0.29) is 34.9 Å². The number of nitrogens with one attached hydrogen (secondary N) is 2. The number of hydrogen-bond donors (Lipinski definition) is 5. The molecular formula is C34H52N4O8. The summed E-state index contributed by atoms with van der Waals surface area (Å²) in [5, 5.41) is 17.1. The zero-order chi connectivity index (χ0) is 34.4. The Morgan fingerprint density at radius 1 is 1.09 bits per heavy atom. The highest BCUT2D eigenvalue weighted by molar-refractivity contribution is 6.23. The molecule has 0 aromatic carbocycles. The molecule has 0 radical (unpaired) electrons. The monoisotopic (exact) mass is 644 g/mol. The van der Waals surface area contributed by atoms with Crippen LogP contribution in [0.5, 0.6) is 0 Å². The standard InChI is InChI=1S/C34H52N4O8/c1-20-16-24-29(37-15-10-8-7-9-14-35)26(39)19-25(31(24)41)38-33(42)21(2)12-11-13-27(44-5)32(46-34(36)43)23(4)18-22(3)30(40)28(17-20)45-6/h11-13,18-20,22,27-28,30,32,37,40H,7-10,14-17,35H2,1-6H3,(H2,36,43)(H,38,42)/b13-11+,21-12-,23-18+/t20-,22+,27+,28?,30-,32?/m1/s1. The number of nitrogens with two attached hydrogens (primary N) is 2. The predicted octanol–water partition coefficient (Wildman–Crippen LogP) is 2.87. The maximum absolute atomic E-state index is 13.8. The number of ketones is 2. The summed E-state index contributed by atoms with van der Waals surface area (Å²) >= 11 is 0. The Labute approximate surface area is 272 Å². The number of ether oxygens (including phenoxy) is 3. The van der Waals surface area contributed by atoms with Gasteiger partial charge in [-0.2, -0.15) is 0 Å². The van der Waals surface area contributed by atoms with E-state index in [1.54, 1.807) is 32.1 Å². The van der Waals surface area contributed by atoms with E-state index in [1.165, 1.54) is 20.3 Å². The summed E-state index contributed by atoms with van der Waals surface area (Å²) in [4.78, 5) is 52.0. The lowest BCUT2D eigenvalue weighted by Crippen LogP contribution is -2.38. The van der Waals surface area contributed by atoms with E-state index in [2.05, 4.69) is 10.6 Å². The van der Waals surface area contributed by atoms with Gasteiger partial charge >= 0.3 is 6.09 Å². The van der Waals surface area contributed by atoms with Crippen LogP contribution >= 0.6 is 0 Å². The fraction of sp³-hybridized carbons (Fsp3) is 0.588. The van der Waals surface area contributed by atoms with Crippen molar-refractivity contribution >= 4 is 23.6 Å². The summed E-state index contributed by atoms with van der Waals surface area (Å²) in [5.41, 5.74) is 12.2. The summed E-state index contributed by atoms with van der Waals surface area (Å²) in [6.45, 7) is 8.17. The number of primary amides is 1. The quantitative estimate of drug-likeness (QED) is 0.134. The highest BCUT2D eigenvalue weighted by Gasteiger charge is 2.33. The van der Waals surface area contributed by atoms with Crippen molar-refractivity contribution in [3.05, 3.63) is 58.5 Å². The fourth-order valence-electron chi connectivity index (χ4n) is 5.61. The lowest BCUT2D eigenvalue weighted by molar-refractivity contribution is -0.120. The van der Waals surface area contributed by atoms with Gasteiger partial charge in [-0.1, -0.05) is 51.0 Å². The lowest BCUT2D eigenvalue weighted by Gasteiger charge is -2.30. The third-order valence-corrected chi connectivity index (χ3v) is 8.23. The van der Waals surface area contributed by atoms with Crippen LogP contribution in [-0.4, -0.2) is 80.4 Å². The maximum Gasteiger partial charge on any atom is 0.405 e. The van der Waals surface area contributed by atoms with Crippen LogP contribution in [-0.2, 0) is 28.6 Å². The molecule has 46 heavy (non-hydrogen) atoms. The Hall–Kier alpha value is -3.58. The number of Topliss-reactive ketones (excluding diaryl/α,β-unsaturated/α-hetero) is 1. The Bertz CT molecular complexity index is 1250. The lowest BCUT2D eigenvalue weighted by atomic mass is 9.85. The van der Waals surface area contributed by atoms with Crippen LogP contribution in [0, 0.1) is 11.8 Å². The van der Waals surface area contributed by atoms with E-state index in [0.717, 1.165) is 31.8 Å². The zero-order valence-electron chi connectivity index (χ0n) is 28.0.